The summed E-state index contributed by atoms with van der Waals surface area (Å²) in [6, 6.07) is 0. The molecule has 0 radical (unpaired) electrons. The molecule has 0 spiro atoms. The summed E-state index contributed by atoms with van der Waals surface area (Å²) in [5, 5.41) is 11.4. The number of likely N-dealkylation sites (tertiary alicyclic amines) is 1. The molecule has 2 aromatic rings. The predicted molar refractivity (Wildman–Crippen MR) is 124 cm³/mol. The van der Waals surface area contributed by atoms with Gasteiger partial charge in [-0.25, -0.2) is 9.97 Å². The van der Waals surface area contributed by atoms with Crippen LogP contribution < -0.4 is 10.6 Å². The zero-order valence-electron chi connectivity index (χ0n) is 17.9. The van der Waals surface area contributed by atoms with Gasteiger partial charge in [0.1, 0.15) is 0 Å². The Morgan fingerprint density at radius 1 is 1.28 bits per heavy atom. The van der Waals surface area contributed by atoms with E-state index in [9.17, 15) is 0 Å². The van der Waals surface area contributed by atoms with Crippen molar-refractivity contribution in [3.05, 3.63) is 32.2 Å². The van der Waals surface area contributed by atoms with Crippen molar-refractivity contribution in [1.29, 1.82) is 0 Å². The van der Waals surface area contributed by atoms with E-state index in [1.807, 2.05) is 17.5 Å². The van der Waals surface area contributed by atoms with Gasteiger partial charge >= 0.3 is 0 Å². The van der Waals surface area contributed by atoms with Crippen molar-refractivity contribution in [2.75, 3.05) is 32.7 Å². The SMILES string of the molecule is CCNC(=NCC1CCN(Cc2csc(C)n2)CC1)NCCc1ncc(CC)s1. The Hall–Kier alpha value is -1.51. The predicted octanol–water partition coefficient (Wildman–Crippen LogP) is 3.48. The van der Waals surface area contributed by atoms with E-state index in [0.717, 1.165) is 63.1 Å². The van der Waals surface area contributed by atoms with Crippen molar-refractivity contribution in [3.8, 4) is 0 Å². The van der Waals surface area contributed by atoms with Gasteiger partial charge in [0, 0.05) is 49.1 Å². The van der Waals surface area contributed by atoms with Crippen LogP contribution in [0.3, 0.4) is 0 Å². The van der Waals surface area contributed by atoms with Crippen LogP contribution in [0.25, 0.3) is 0 Å². The summed E-state index contributed by atoms with van der Waals surface area (Å²) >= 11 is 3.56. The minimum atomic E-state index is 0.671. The first-order valence-electron chi connectivity index (χ1n) is 10.7. The fraction of sp³-hybridized carbons (Fsp3) is 0.667. The van der Waals surface area contributed by atoms with Gasteiger partial charge in [-0.2, -0.15) is 0 Å². The summed E-state index contributed by atoms with van der Waals surface area (Å²) in [6.45, 7) is 12.3. The number of aromatic nitrogens is 2. The lowest BCUT2D eigenvalue weighted by Crippen LogP contribution is -2.39. The van der Waals surface area contributed by atoms with Gasteiger partial charge in [-0.3, -0.25) is 9.89 Å². The lowest BCUT2D eigenvalue weighted by molar-refractivity contribution is 0.179. The molecule has 3 rings (SSSR count). The van der Waals surface area contributed by atoms with Crippen molar-refractivity contribution < 1.29 is 0 Å². The molecule has 2 N–H and O–H groups in total. The van der Waals surface area contributed by atoms with E-state index in [2.05, 4.69) is 51.7 Å². The van der Waals surface area contributed by atoms with Crippen LogP contribution in [0.2, 0.25) is 0 Å². The van der Waals surface area contributed by atoms with E-state index in [1.165, 1.54) is 28.4 Å². The van der Waals surface area contributed by atoms with Gasteiger partial charge in [0.15, 0.2) is 5.96 Å². The van der Waals surface area contributed by atoms with Gasteiger partial charge in [-0.1, -0.05) is 6.92 Å². The molecule has 8 heteroatoms. The van der Waals surface area contributed by atoms with Crippen molar-refractivity contribution in [2.45, 2.75) is 53.0 Å². The quantitative estimate of drug-likeness (QED) is 0.467. The fourth-order valence-corrected chi connectivity index (χ4v) is 4.98. The maximum Gasteiger partial charge on any atom is 0.191 e. The Labute approximate surface area is 182 Å². The Morgan fingerprint density at radius 3 is 2.76 bits per heavy atom. The monoisotopic (exact) mass is 434 g/mol. The lowest BCUT2D eigenvalue weighted by atomic mass is 9.97. The molecule has 160 valence electrons. The van der Waals surface area contributed by atoms with Crippen LogP contribution >= 0.6 is 22.7 Å². The van der Waals surface area contributed by atoms with Crippen molar-refractivity contribution in [3.63, 3.8) is 0 Å². The number of aryl methyl sites for hydroxylation is 2. The number of piperidine rings is 1. The molecule has 1 saturated heterocycles. The Balaban J connectivity index is 1.39. The number of thiazole rings is 2. The molecule has 6 nitrogen and oxygen atoms in total. The first-order chi connectivity index (χ1) is 14.2. The topological polar surface area (TPSA) is 65.4 Å². The maximum atomic E-state index is 4.85. The van der Waals surface area contributed by atoms with Crippen LogP contribution in [-0.2, 0) is 19.4 Å². The Morgan fingerprint density at radius 2 is 2.10 bits per heavy atom. The third kappa shape index (κ3) is 7.35. The van der Waals surface area contributed by atoms with E-state index in [1.54, 1.807) is 11.3 Å². The molecule has 1 aliphatic heterocycles. The third-order valence-corrected chi connectivity index (χ3v) is 7.22. The molecule has 3 heterocycles. The van der Waals surface area contributed by atoms with Crippen molar-refractivity contribution in [1.82, 2.24) is 25.5 Å². The third-order valence-electron chi connectivity index (χ3n) is 5.19. The van der Waals surface area contributed by atoms with Gasteiger partial charge in [0.05, 0.1) is 15.7 Å². The highest BCUT2D eigenvalue weighted by atomic mass is 32.1. The standard InChI is InChI=1S/C21H34N6S2/c1-4-19-13-24-20(29-19)6-9-23-21(22-5-2)25-12-17-7-10-27(11-8-17)14-18-15-28-16(3)26-18/h13,15,17H,4-12,14H2,1-3H3,(H2,22,23,25). The van der Waals surface area contributed by atoms with Crippen molar-refractivity contribution >= 4 is 28.6 Å². The Bertz CT molecular complexity index is 761. The molecule has 29 heavy (non-hydrogen) atoms. The summed E-state index contributed by atoms with van der Waals surface area (Å²) in [5.74, 6) is 1.60. The fourth-order valence-electron chi connectivity index (χ4n) is 3.51. The van der Waals surface area contributed by atoms with Crippen LogP contribution in [0.4, 0.5) is 0 Å². The normalized spacial score (nSPS) is 16.3. The summed E-state index contributed by atoms with van der Waals surface area (Å²) < 4.78 is 0. The molecule has 0 aromatic carbocycles. The van der Waals surface area contributed by atoms with Crippen LogP contribution in [0, 0.1) is 12.8 Å². The summed E-state index contributed by atoms with van der Waals surface area (Å²) in [4.78, 5) is 17.8. The summed E-state index contributed by atoms with van der Waals surface area (Å²) in [5.41, 5.74) is 1.22. The summed E-state index contributed by atoms with van der Waals surface area (Å²) in [7, 11) is 0. The largest absolute Gasteiger partial charge is 0.357 e. The van der Waals surface area contributed by atoms with E-state index < -0.39 is 0 Å². The summed E-state index contributed by atoms with van der Waals surface area (Å²) in [6.07, 6.45) is 6.44. The number of guanidine groups is 1. The highest BCUT2D eigenvalue weighted by molar-refractivity contribution is 7.11. The molecule has 0 saturated carbocycles. The van der Waals surface area contributed by atoms with Gasteiger partial charge < -0.3 is 10.6 Å². The number of hydrogen-bond acceptors (Lipinski definition) is 6. The first kappa shape index (κ1) is 22.2. The molecule has 0 unspecified atom stereocenters. The number of nitrogens with zero attached hydrogens (tertiary/aromatic N) is 4. The van der Waals surface area contributed by atoms with Crippen LogP contribution in [0.15, 0.2) is 16.6 Å². The zero-order valence-corrected chi connectivity index (χ0v) is 19.5. The average molecular weight is 435 g/mol. The van der Waals surface area contributed by atoms with Gasteiger partial charge in [0.25, 0.3) is 0 Å². The zero-order chi connectivity index (χ0) is 20.5. The second-order valence-corrected chi connectivity index (χ2v) is 9.81. The van der Waals surface area contributed by atoms with Gasteiger partial charge in [-0.15, -0.1) is 22.7 Å². The molecule has 1 aliphatic rings. The van der Waals surface area contributed by atoms with E-state index in [-0.39, 0.29) is 0 Å². The van der Waals surface area contributed by atoms with Crippen LogP contribution in [-0.4, -0.2) is 53.6 Å². The minimum absolute atomic E-state index is 0.671. The van der Waals surface area contributed by atoms with E-state index in [0.29, 0.717) is 5.92 Å². The highest BCUT2D eigenvalue weighted by Gasteiger charge is 2.19. The highest BCUT2D eigenvalue weighted by Crippen LogP contribution is 2.20. The van der Waals surface area contributed by atoms with Crippen LogP contribution in [0.1, 0.15) is 47.3 Å². The van der Waals surface area contributed by atoms with E-state index in [4.69, 9.17) is 4.99 Å². The minimum Gasteiger partial charge on any atom is -0.357 e. The van der Waals surface area contributed by atoms with Gasteiger partial charge in [0.2, 0.25) is 0 Å². The number of hydrogen-bond donors (Lipinski definition) is 2. The second-order valence-electron chi connectivity index (χ2n) is 7.55. The van der Waals surface area contributed by atoms with Crippen LogP contribution in [0.5, 0.6) is 0 Å². The molecule has 2 aromatic heterocycles. The smallest absolute Gasteiger partial charge is 0.191 e. The molecule has 0 aliphatic carbocycles. The molecular weight excluding hydrogens is 400 g/mol. The van der Waals surface area contributed by atoms with Crippen molar-refractivity contribution in [2.24, 2.45) is 10.9 Å². The molecule has 0 amide bonds. The Kier molecular flexibility index (Phi) is 8.89. The van der Waals surface area contributed by atoms with Gasteiger partial charge in [-0.05, 0) is 52.1 Å². The number of rotatable bonds is 9. The maximum absolute atomic E-state index is 4.85. The lowest BCUT2D eigenvalue weighted by Gasteiger charge is -2.30. The number of nitrogens with one attached hydrogen (secondary N) is 2. The second kappa shape index (κ2) is 11.6. The first-order valence-corrected chi connectivity index (χ1v) is 12.4. The van der Waals surface area contributed by atoms with E-state index >= 15 is 0 Å². The molecule has 0 atom stereocenters. The number of aliphatic imine (C=N–C) groups is 1. The molecular formula is C21H34N6S2. The molecule has 0 bridgehead atoms. The molecule has 1 fully saturated rings. The average Bonchev–Trinajstić information content (AvgIpc) is 3.36.